The quantitative estimate of drug-likeness (QED) is 0.790. The molecule has 140 valence electrons. The van der Waals surface area contributed by atoms with Crippen LogP contribution in [0, 0.1) is 0 Å². The molecule has 0 atom stereocenters. The van der Waals surface area contributed by atoms with Gasteiger partial charge in [-0.3, -0.25) is 4.90 Å². The largest absolute Gasteiger partial charge is 0.493 e. The van der Waals surface area contributed by atoms with Crippen molar-refractivity contribution in [3.8, 4) is 11.5 Å². The number of nitrogens with one attached hydrogen (secondary N) is 1. The van der Waals surface area contributed by atoms with Crippen molar-refractivity contribution in [1.82, 2.24) is 10.2 Å². The van der Waals surface area contributed by atoms with E-state index in [9.17, 15) is 0 Å². The topological polar surface area (TPSA) is 33.7 Å². The molecule has 5 heteroatoms. The molecule has 1 fully saturated rings. The Bertz CT molecular complexity index is 701. The van der Waals surface area contributed by atoms with Gasteiger partial charge in [-0.25, -0.2) is 0 Å². The summed E-state index contributed by atoms with van der Waals surface area (Å²) < 4.78 is 10.7. The lowest BCUT2D eigenvalue weighted by atomic mass is 10.0. The summed E-state index contributed by atoms with van der Waals surface area (Å²) >= 11 is 6.29. The fourth-order valence-electron chi connectivity index (χ4n) is 3.47. The van der Waals surface area contributed by atoms with Crippen molar-refractivity contribution >= 4 is 11.6 Å². The lowest BCUT2D eigenvalue weighted by molar-refractivity contribution is 0.190. The third kappa shape index (κ3) is 4.91. The molecular weight excluding hydrogens is 348 g/mol. The van der Waals surface area contributed by atoms with Crippen LogP contribution in [0.4, 0.5) is 0 Å². The van der Waals surface area contributed by atoms with Crippen LogP contribution in [-0.4, -0.2) is 38.3 Å². The summed E-state index contributed by atoms with van der Waals surface area (Å²) in [6.07, 6.45) is 2.32. The predicted octanol–water partition coefficient (Wildman–Crippen LogP) is 4.11. The second-order valence-corrected chi connectivity index (χ2v) is 7.14. The molecule has 2 aromatic carbocycles. The average molecular weight is 375 g/mol. The standard InChI is InChI=1S/C21H27ClN2O2/c1-25-20-13-17(12-19(22)21(20)26-2)14-23-18-8-10-24(11-9-18)15-16-6-4-3-5-7-16/h3-7,12-13,18,23H,8-11,14-15H2,1-2H3. The summed E-state index contributed by atoms with van der Waals surface area (Å²) in [4.78, 5) is 2.53. The van der Waals surface area contributed by atoms with Crippen LogP contribution in [0.15, 0.2) is 42.5 Å². The zero-order valence-corrected chi connectivity index (χ0v) is 16.3. The molecule has 0 radical (unpaired) electrons. The van der Waals surface area contributed by atoms with Gasteiger partial charge in [0, 0.05) is 19.1 Å². The fraction of sp³-hybridized carbons (Fsp3) is 0.429. The summed E-state index contributed by atoms with van der Waals surface area (Å²) in [7, 11) is 3.23. The van der Waals surface area contributed by atoms with E-state index in [1.165, 1.54) is 5.56 Å². The third-order valence-corrected chi connectivity index (χ3v) is 5.21. The van der Waals surface area contributed by atoms with Crippen LogP contribution in [0.5, 0.6) is 11.5 Å². The van der Waals surface area contributed by atoms with E-state index in [2.05, 4.69) is 40.5 Å². The van der Waals surface area contributed by atoms with E-state index in [-0.39, 0.29) is 0 Å². The van der Waals surface area contributed by atoms with Gasteiger partial charge in [0.05, 0.1) is 19.2 Å². The van der Waals surface area contributed by atoms with Gasteiger partial charge in [-0.2, -0.15) is 0 Å². The third-order valence-electron chi connectivity index (χ3n) is 4.92. The monoisotopic (exact) mass is 374 g/mol. The number of nitrogens with zero attached hydrogens (tertiary/aromatic N) is 1. The van der Waals surface area contributed by atoms with Crippen molar-refractivity contribution in [2.75, 3.05) is 27.3 Å². The first kappa shape index (κ1) is 19.0. The maximum Gasteiger partial charge on any atom is 0.179 e. The van der Waals surface area contributed by atoms with Crippen molar-refractivity contribution in [3.63, 3.8) is 0 Å². The minimum Gasteiger partial charge on any atom is -0.493 e. The Morgan fingerprint density at radius 3 is 2.42 bits per heavy atom. The van der Waals surface area contributed by atoms with Crippen LogP contribution in [0.3, 0.4) is 0 Å². The van der Waals surface area contributed by atoms with Crippen LogP contribution >= 0.6 is 11.6 Å². The highest BCUT2D eigenvalue weighted by atomic mass is 35.5. The van der Waals surface area contributed by atoms with Gasteiger partial charge in [0.25, 0.3) is 0 Å². The van der Waals surface area contributed by atoms with Gasteiger partial charge in [0.1, 0.15) is 0 Å². The Morgan fingerprint density at radius 2 is 1.77 bits per heavy atom. The van der Waals surface area contributed by atoms with E-state index >= 15 is 0 Å². The molecule has 26 heavy (non-hydrogen) atoms. The smallest absolute Gasteiger partial charge is 0.179 e. The minimum absolute atomic E-state index is 0.536. The van der Waals surface area contributed by atoms with Crippen LogP contribution in [0.25, 0.3) is 0 Å². The molecular formula is C21H27ClN2O2. The first-order chi connectivity index (χ1) is 12.7. The van der Waals surface area contributed by atoms with E-state index in [1.807, 2.05) is 12.1 Å². The minimum atomic E-state index is 0.536. The number of piperidine rings is 1. The first-order valence-corrected chi connectivity index (χ1v) is 9.47. The molecule has 0 bridgehead atoms. The van der Waals surface area contributed by atoms with Crippen molar-refractivity contribution < 1.29 is 9.47 Å². The van der Waals surface area contributed by atoms with Gasteiger partial charge >= 0.3 is 0 Å². The van der Waals surface area contributed by atoms with Gasteiger partial charge in [-0.05, 0) is 49.2 Å². The zero-order valence-electron chi connectivity index (χ0n) is 15.5. The molecule has 1 aliphatic heterocycles. The highest BCUT2D eigenvalue weighted by molar-refractivity contribution is 6.32. The van der Waals surface area contributed by atoms with E-state index < -0.39 is 0 Å². The highest BCUT2D eigenvalue weighted by Gasteiger charge is 2.19. The van der Waals surface area contributed by atoms with E-state index in [0.29, 0.717) is 22.6 Å². The molecule has 3 rings (SSSR count). The van der Waals surface area contributed by atoms with E-state index in [4.69, 9.17) is 21.1 Å². The lowest BCUT2D eigenvalue weighted by Crippen LogP contribution is -2.41. The predicted molar refractivity (Wildman–Crippen MR) is 106 cm³/mol. The fourth-order valence-corrected chi connectivity index (χ4v) is 3.78. The van der Waals surface area contributed by atoms with Gasteiger partial charge in [-0.15, -0.1) is 0 Å². The van der Waals surface area contributed by atoms with Gasteiger partial charge < -0.3 is 14.8 Å². The highest BCUT2D eigenvalue weighted by Crippen LogP contribution is 2.36. The normalized spacial score (nSPS) is 15.8. The first-order valence-electron chi connectivity index (χ1n) is 9.09. The van der Waals surface area contributed by atoms with Gasteiger partial charge in [0.15, 0.2) is 11.5 Å². The molecule has 1 aliphatic rings. The Kier molecular flexibility index (Phi) is 6.78. The molecule has 1 saturated heterocycles. The van der Waals surface area contributed by atoms with Crippen molar-refractivity contribution in [3.05, 3.63) is 58.6 Å². The molecule has 0 unspecified atom stereocenters. The Morgan fingerprint density at radius 1 is 1.04 bits per heavy atom. The Labute approximate surface area is 161 Å². The summed E-state index contributed by atoms with van der Waals surface area (Å²) in [5.41, 5.74) is 2.50. The molecule has 4 nitrogen and oxygen atoms in total. The molecule has 0 saturated carbocycles. The number of likely N-dealkylation sites (tertiary alicyclic amines) is 1. The van der Waals surface area contributed by atoms with Crippen LogP contribution in [0.2, 0.25) is 5.02 Å². The lowest BCUT2D eigenvalue weighted by Gasteiger charge is -2.32. The second kappa shape index (κ2) is 9.26. The number of halogens is 1. The number of benzene rings is 2. The summed E-state index contributed by atoms with van der Waals surface area (Å²) in [5.74, 6) is 1.27. The van der Waals surface area contributed by atoms with Crippen LogP contribution in [-0.2, 0) is 13.1 Å². The second-order valence-electron chi connectivity index (χ2n) is 6.73. The number of hydrogen-bond donors (Lipinski definition) is 1. The number of methoxy groups -OCH3 is 2. The summed E-state index contributed by atoms with van der Waals surface area (Å²) in [6.45, 7) is 4.07. The maximum atomic E-state index is 6.29. The molecule has 1 N–H and O–H groups in total. The maximum absolute atomic E-state index is 6.29. The van der Waals surface area contributed by atoms with Gasteiger partial charge in [-0.1, -0.05) is 41.9 Å². The Balaban J connectivity index is 1.49. The summed E-state index contributed by atoms with van der Waals surface area (Å²) in [5, 5.41) is 4.24. The SMILES string of the molecule is COc1cc(CNC2CCN(Cc3ccccc3)CC2)cc(Cl)c1OC. The number of ether oxygens (including phenoxy) is 2. The summed E-state index contributed by atoms with van der Waals surface area (Å²) in [6, 6.07) is 15.2. The molecule has 0 spiro atoms. The molecule has 0 aromatic heterocycles. The van der Waals surface area contributed by atoms with Crippen molar-refractivity contribution in [2.45, 2.75) is 32.0 Å². The Hall–Kier alpha value is -1.75. The van der Waals surface area contributed by atoms with Crippen molar-refractivity contribution in [2.24, 2.45) is 0 Å². The molecule has 0 aliphatic carbocycles. The number of rotatable bonds is 7. The molecule has 2 aromatic rings. The van der Waals surface area contributed by atoms with Gasteiger partial charge in [0.2, 0.25) is 0 Å². The van der Waals surface area contributed by atoms with Crippen LogP contribution < -0.4 is 14.8 Å². The van der Waals surface area contributed by atoms with E-state index in [0.717, 1.165) is 44.6 Å². The van der Waals surface area contributed by atoms with E-state index in [1.54, 1.807) is 14.2 Å². The average Bonchev–Trinajstić information content (AvgIpc) is 2.67. The molecule has 0 amide bonds. The van der Waals surface area contributed by atoms with Crippen molar-refractivity contribution in [1.29, 1.82) is 0 Å². The molecule has 1 heterocycles. The zero-order chi connectivity index (χ0) is 18.4. The van der Waals surface area contributed by atoms with Crippen LogP contribution in [0.1, 0.15) is 24.0 Å². The number of hydrogen-bond acceptors (Lipinski definition) is 4.